The van der Waals surface area contributed by atoms with Crippen LogP contribution in [0, 0.1) is 6.92 Å². The number of hydrogen-bond donors (Lipinski definition) is 0. The Kier molecular flexibility index (Phi) is 5.69. The van der Waals surface area contributed by atoms with E-state index in [0.29, 0.717) is 25.3 Å². The molecule has 27 heavy (non-hydrogen) atoms. The van der Waals surface area contributed by atoms with Crippen molar-refractivity contribution >= 4 is 5.91 Å². The summed E-state index contributed by atoms with van der Waals surface area (Å²) in [5, 5.41) is 4.40. The summed E-state index contributed by atoms with van der Waals surface area (Å²) in [4.78, 5) is 21.6. The van der Waals surface area contributed by atoms with Crippen molar-refractivity contribution in [2.24, 2.45) is 0 Å². The zero-order chi connectivity index (χ0) is 19.6. The Balaban J connectivity index is 1.62. The molecule has 0 spiro atoms. The van der Waals surface area contributed by atoms with Crippen molar-refractivity contribution in [3.8, 4) is 0 Å². The minimum Gasteiger partial charge on any atom is -0.444 e. The minimum atomic E-state index is -0.0341. The van der Waals surface area contributed by atoms with Crippen molar-refractivity contribution in [2.45, 2.75) is 59.5 Å². The Morgan fingerprint density at radius 1 is 1.22 bits per heavy atom. The topological polar surface area (TPSA) is 67.4 Å². The van der Waals surface area contributed by atoms with E-state index in [0.717, 1.165) is 43.4 Å². The molecule has 0 aliphatic carbocycles. The summed E-state index contributed by atoms with van der Waals surface area (Å²) in [6.45, 7) is 14.9. The van der Waals surface area contributed by atoms with E-state index in [1.54, 1.807) is 4.68 Å². The zero-order valence-corrected chi connectivity index (χ0v) is 17.2. The zero-order valence-electron chi connectivity index (χ0n) is 17.2. The van der Waals surface area contributed by atoms with Gasteiger partial charge in [-0.15, -0.1) is 0 Å². The SMILES string of the molecule is CCn1nc(C)cc1C(=O)N1CCCN(Cc2ncc(C(C)(C)C)o2)CC1. The largest absolute Gasteiger partial charge is 0.444 e. The molecule has 0 unspecified atom stereocenters. The lowest BCUT2D eigenvalue weighted by Gasteiger charge is -2.21. The van der Waals surface area contributed by atoms with Gasteiger partial charge in [-0.1, -0.05) is 20.8 Å². The average Bonchev–Trinajstić information content (AvgIpc) is 3.15. The van der Waals surface area contributed by atoms with Gasteiger partial charge in [0, 0.05) is 38.1 Å². The number of carbonyl (C=O) groups is 1. The average molecular weight is 374 g/mol. The molecule has 1 aliphatic rings. The number of aromatic nitrogens is 3. The minimum absolute atomic E-state index is 0.0341. The Morgan fingerprint density at radius 3 is 2.67 bits per heavy atom. The molecule has 1 aliphatic heterocycles. The summed E-state index contributed by atoms with van der Waals surface area (Å²) < 4.78 is 7.72. The third-order valence-electron chi connectivity index (χ3n) is 4.95. The van der Waals surface area contributed by atoms with Crippen molar-refractivity contribution in [3.63, 3.8) is 0 Å². The number of rotatable bonds is 4. The van der Waals surface area contributed by atoms with Gasteiger partial charge in [0.1, 0.15) is 11.5 Å². The van der Waals surface area contributed by atoms with Gasteiger partial charge in [0.05, 0.1) is 18.4 Å². The Labute approximate surface area is 161 Å². The van der Waals surface area contributed by atoms with Crippen molar-refractivity contribution in [1.82, 2.24) is 24.6 Å². The molecule has 148 valence electrons. The van der Waals surface area contributed by atoms with Crippen LogP contribution in [0.15, 0.2) is 16.7 Å². The van der Waals surface area contributed by atoms with Crippen LogP contribution in [0.3, 0.4) is 0 Å². The Morgan fingerprint density at radius 2 is 2.00 bits per heavy atom. The molecule has 1 saturated heterocycles. The molecular weight excluding hydrogens is 342 g/mol. The first kappa shape index (κ1) is 19.6. The molecule has 0 N–H and O–H groups in total. The molecule has 1 amide bonds. The van der Waals surface area contributed by atoms with Crippen LogP contribution in [-0.4, -0.2) is 56.7 Å². The van der Waals surface area contributed by atoms with Gasteiger partial charge < -0.3 is 9.32 Å². The maximum absolute atomic E-state index is 12.9. The van der Waals surface area contributed by atoms with Crippen LogP contribution in [0.4, 0.5) is 0 Å². The molecular formula is C20H31N5O2. The molecule has 1 fully saturated rings. The fourth-order valence-electron chi connectivity index (χ4n) is 3.37. The third-order valence-corrected chi connectivity index (χ3v) is 4.95. The predicted octanol–water partition coefficient (Wildman–Crippen LogP) is 2.85. The normalized spacial score (nSPS) is 16.6. The van der Waals surface area contributed by atoms with Crippen molar-refractivity contribution in [1.29, 1.82) is 0 Å². The molecule has 0 radical (unpaired) electrons. The second-order valence-electron chi connectivity index (χ2n) is 8.28. The van der Waals surface area contributed by atoms with Gasteiger partial charge in [-0.2, -0.15) is 5.10 Å². The lowest BCUT2D eigenvalue weighted by atomic mass is 9.94. The summed E-state index contributed by atoms with van der Waals surface area (Å²) in [5.74, 6) is 1.73. The standard InChI is InChI=1S/C20H31N5O2/c1-6-25-16(12-15(2)22-25)19(26)24-9-7-8-23(10-11-24)14-18-21-13-17(27-18)20(3,4)5/h12-13H,6-11,14H2,1-5H3. The summed E-state index contributed by atoms with van der Waals surface area (Å²) >= 11 is 0. The van der Waals surface area contributed by atoms with E-state index in [9.17, 15) is 4.79 Å². The van der Waals surface area contributed by atoms with Crippen molar-refractivity contribution < 1.29 is 9.21 Å². The first-order valence-corrected chi connectivity index (χ1v) is 9.79. The molecule has 0 atom stereocenters. The van der Waals surface area contributed by atoms with Gasteiger partial charge in [-0.05, 0) is 26.3 Å². The number of aryl methyl sites for hydroxylation is 2. The lowest BCUT2D eigenvalue weighted by molar-refractivity contribution is 0.0748. The fraction of sp³-hybridized carbons (Fsp3) is 0.650. The Hall–Kier alpha value is -2.15. The van der Waals surface area contributed by atoms with E-state index in [1.807, 2.05) is 31.0 Å². The van der Waals surface area contributed by atoms with Crippen LogP contribution in [0.25, 0.3) is 0 Å². The van der Waals surface area contributed by atoms with Gasteiger partial charge in [-0.25, -0.2) is 4.98 Å². The highest BCUT2D eigenvalue weighted by Gasteiger charge is 2.25. The van der Waals surface area contributed by atoms with E-state index in [4.69, 9.17) is 4.42 Å². The van der Waals surface area contributed by atoms with Gasteiger partial charge in [0.25, 0.3) is 5.91 Å². The molecule has 3 rings (SSSR count). The molecule has 7 nitrogen and oxygen atoms in total. The molecule has 0 saturated carbocycles. The van der Waals surface area contributed by atoms with Crippen molar-refractivity contribution in [2.75, 3.05) is 26.2 Å². The third kappa shape index (κ3) is 4.58. The molecule has 2 aromatic rings. The van der Waals surface area contributed by atoms with Gasteiger partial charge in [0.15, 0.2) is 0 Å². The number of oxazole rings is 1. The monoisotopic (exact) mass is 373 g/mol. The quantitative estimate of drug-likeness (QED) is 0.824. The maximum atomic E-state index is 12.9. The molecule has 7 heteroatoms. The first-order chi connectivity index (χ1) is 12.8. The highest BCUT2D eigenvalue weighted by atomic mass is 16.4. The maximum Gasteiger partial charge on any atom is 0.272 e. The molecule has 0 bridgehead atoms. The summed E-state index contributed by atoms with van der Waals surface area (Å²) in [6.07, 6.45) is 2.77. The van der Waals surface area contributed by atoms with Crippen LogP contribution in [0.5, 0.6) is 0 Å². The Bertz CT molecular complexity index is 787. The van der Waals surface area contributed by atoms with Gasteiger partial charge >= 0.3 is 0 Å². The number of carbonyl (C=O) groups excluding carboxylic acids is 1. The van der Waals surface area contributed by atoms with Gasteiger partial charge in [0.2, 0.25) is 5.89 Å². The number of hydrogen-bond acceptors (Lipinski definition) is 5. The highest BCUT2D eigenvalue weighted by Crippen LogP contribution is 2.23. The van der Waals surface area contributed by atoms with Crippen LogP contribution < -0.4 is 0 Å². The lowest BCUT2D eigenvalue weighted by Crippen LogP contribution is -2.36. The second-order valence-corrected chi connectivity index (χ2v) is 8.28. The molecule has 0 aromatic carbocycles. The van der Waals surface area contributed by atoms with Crippen LogP contribution >= 0.6 is 0 Å². The van der Waals surface area contributed by atoms with E-state index >= 15 is 0 Å². The predicted molar refractivity (Wildman–Crippen MR) is 104 cm³/mol. The fourth-order valence-corrected chi connectivity index (χ4v) is 3.37. The van der Waals surface area contributed by atoms with E-state index in [2.05, 4.69) is 35.8 Å². The van der Waals surface area contributed by atoms with Gasteiger partial charge in [-0.3, -0.25) is 14.4 Å². The summed E-state index contributed by atoms with van der Waals surface area (Å²) in [6, 6.07) is 1.88. The van der Waals surface area contributed by atoms with E-state index in [-0.39, 0.29) is 11.3 Å². The van der Waals surface area contributed by atoms with Crippen molar-refractivity contribution in [3.05, 3.63) is 35.3 Å². The summed E-state index contributed by atoms with van der Waals surface area (Å²) in [5.41, 5.74) is 1.54. The van der Waals surface area contributed by atoms with E-state index < -0.39 is 0 Å². The van der Waals surface area contributed by atoms with Crippen LogP contribution in [-0.2, 0) is 18.5 Å². The summed E-state index contributed by atoms with van der Waals surface area (Å²) in [7, 11) is 0. The molecule has 3 heterocycles. The van der Waals surface area contributed by atoms with E-state index in [1.165, 1.54) is 0 Å². The molecule has 2 aromatic heterocycles. The second kappa shape index (κ2) is 7.84. The number of amides is 1. The number of nitrogens with zero attached hydrogens (tertiary/aromatic N) is 5. The first-order valence-electron chi connectivity index (χ1n) is 9.79. The highest BCUT2D eigenvalue weighted by molar-refractivity contribution is 5.92. The van der Waals surface area contributed by atoms with Crippen LogP contribution in [0.1, 0.15) is 61.9 Å². The smallest absolute Gasteiger partial charge is 0.272 e. The van der Waals surface area contributed by atoms with Crippen LogP contribution in [0.2, 0.25) is 0 Å².